The fourth-order valence-electron chi connectivity index (χ4n) is 0.701. The van der Waals surface area contributed by atoms with E-state index in [0.717, 1.165) is 4.47 Å². The Morgan fingerprint density at radius 1 is 1.50 bits per heavy atom. The van der Waals surface area contributed by atoms with Crippen molar-refractivity contribution in [3.05, 3.63) is 10.7 Å². The van der Waals surface area contributed by atoms with Gasteiger partial charge >= 0.3 is 0 Å². The van der Waals surface area contributed by atoms with Gasteiger partial charge in [-0.1, -0.05) is 0 Å². The van der Waals surface area contributed by atoms with Gasteiger partial charge in [0.1, 0.15) is 0 Å². The van der Waals surface area contributed by atoms with E-state index >= 15 is 0 Å². The summed E-state index contributed by atoms with van der Waals surface area (Å²) in [6.45, 7) is 0. The number of nitrogens with zero attached hydrogens (tertiary/aromatic N) is 3. The highest BCUT2D eigenvalue weighted by molar-refractivity contribution is 9.10. The van der Waals surface area contributed by atoms with Gasteiger partial charge in [-0.3, -0.25) is 0 Å². The van der Waals surface area contributed by atoms with E-state index in [1.807, 2.05) is 19.0 Å². The zero-order chi connectivity index (χ0) is 9.14. The van der Waals surface area contributed by atoms with Gasteiger partial charge in [-0.2, -0.15) is 4.98 Å². The number of rotatable bonds is 2. The van der Waals surface area contributed by atoms with Gasteiger partial charge in [-0.25, -0.2) is 4.98 Å². The van der Waals surface area contributed by atoms with Crippen LogP contribution in [0.3, 0.4) is 0 Å². The van der Waals surface area contributed by atoms with E-state index < -0.39 is 0 Å². The first-order valence-corrected chi connectivity index (χ1v) is 4.18. The second-order valence-corrected chi connectivity index (χ2v) is 3.28. The molecule has 0 N–H and O–H groups in total. The molecular weight excluding hydrogens is 222 g/mol. The third-order valence-electron chi connectivity index (χ3n) is 1.29. The van der Waals surface area contributed by atoms with Gasteiger partial charge in [0.2, 0.25) is 11.8 Å². The summed E-state index contributed by atoms with van der Waals surface area (Å²) in [7, 11) is 5.33. The second-order valence-electron chi connectivity index (χ2n) is 2.42. The normalized spacial score (nSPS) is 9.67. The molecule has 0 aliphatic rings. The van der Waals surface area contributed by atoms with Crippen molar-refractivity contribution in [1.29, 1.82) is 0 Å². The lowest BCUT2D eigenvalue weighted by Crippen LogP contribution is -2.12. The molecule has 12 heavy (non-hydrogen) atoms. The molecule has 0 aliphatic heterocycles. The predicted octanol–water partition coefficient (Wildman–Crippen LogP) is 1.31. The monoisotopic (exact) mass is 231 g/mol. The molecule has 0 bridgehead atoms. The van der Waals surface area contributed by atoms with E-state index in [0.29, 0.717) is 11.8 Å². The Morgan fingerprint density at radius 3 is 2.67 bits per heavy atom. The van der Waals surface area contributed by atoms with Crippen LogP contribution in [0.4, 0.5) is 5.95 Å². The molecule has 1 heterocycles. The summed E-state index contributed by atoms with van der Waals surface area (Å²) >= 11 is 3.27. The van der Waals surface area contributed by atoms with Crippen LogP contribution < -0.4 is 9.64 Å². The number of anilines is 1. The van der Waals surface area contributed by atoms with Gasteiger partial charge in [0.25, 0.3) is 0 Å². The minimum atomic E-state index is 0.550. The lowest BCUT2D eigenvalue weighted by atomic mass is 10.6. The standard InChI is InChI=1S/C7H10BrN3O/c1-11(2)7-9-4-5(8)6(10-7)12-3/h4H,1-3H3. The summed E-state index contributed by atoms with van der Waals surface area (Å²) in [5, 5.41) is 0. The Kier molecular flexibility index (Phi) is 2.86. The van der Waals surface area contributed by atoms with Crippen molar-refractivity contribution in [2.75, 3.05) is 26.1 Å². The maximum absolute atomic E-state index is 5.01. The van der Waals surface area contributed by atoms with Gasteiger partial charge in [-0.15, -0.1) is 0 Å². The number of methoxy groups -OCH3 is 1. The van der Waals surface area contributed by atoms with Crippen LogP contribution in [0.15, 0.2) is 10.7 Å². The molecular formula is C7H10BrN3O. The predicted molar refractivity (Wildman–Crippen MR) is 50.6 cm³/mol. The zero-order valence-electron chi connectivity index (χ0n) is 7.21. The highest BCUT2D eigenvalue weighted by atomic mass is 79.9. The average molecular weight is 232 g/mol. The zero-order valence-corrected chi connectivity index (χ0v) is 8.79. The quantitative estimate of drug-likeness (QED) is 0.770. The maximum Gasteiger partial charge on any atom is 0.232 e. The highest BCUT2D eigenvalue weighted by Crippen LogP contribution is 2.22. The van der Waals surface area contributed by atoms with E-state index in [9.17, 15) is 0 Å². The van der Waals surface area contributed by atoms with E-state index in [4.69, 9.17) is 4.74 Å². The molecule has 1 aromatic rings. The minimum Gasteiger partial charge on any atom is -0.480 e. The largest absolute Gasteiger partial charge is 0.480 e. The average Bonchev–Trinajstić information content (AvgIpc) is 2.05. The summed E-state index contributed by atoms with van der Waals surface area (Å²) in [5.74, 6) is 1.18. The lowest BCUT2D eigenvalue weighted by molar-refractivity contribution is 0.394. The van der Waals surface area contributed by atoms with E-state index in [1.54, 1.807) is 13.3 Å². The summed E-state index contributed by atoms with van der Waals surface area (Å²) in [6.07, 6.45) is 1.67. The van der Waals surface area contributed by atoms with Gasteiger partial charge in [0.05, 0.1) is 17.8 Å². The molecule has 0 unspecified atom stereocenters. The Balaban J connectivity index is 3.05. The van der Waals surface area contributed by atoms with E-state index in [2.05, 4.69) is 25.9 Å². The lowest BCUT2D eigenvalue weighted by Gasteiger charge is -2.10. The molecule has 0 fully saturated rings. The Morgan fingerprint density at radius 2 is 2.17 bits per heavy atom. The Hall–Kier alpha value is -0.840. The molecule has 0 aliphatic carbocycles. The number of hydrogen-bond donors (Lipinski definition) is 0. The van der Waals surface area contributed by atoms with Gasteiger partial charge in [-0.05, 0) is 15.9 Å². The molecule has 0 amide bonds. The highest BCUT2D eigenvalue weighted by Gasteiger charge is 2.05. The van der Waals surface area contributed by atoms with Crippen molar-refractivity contribution >= 4 is 21.9 Å². The number of halogens is 1. The minimum absolute atomic E-state index is 0.550. The van der Waals surface area contributed by atoms with Crippen LogP contribution in [-0.4, -0.2) is 31.2 Å². The number of ether oxygens (including phenoxy) is 1. The summed E-state index contributed by atoms with van der Waals surface area (Å²) in [5.41, 5.74) is 0. The van der Waals surface area contributed by atoms with Crippen LogP contribution in [0.25, 0.3) is 0 Å². The first-order valence-electron chi connectivity index (χ1n) is 3.39. The van der Waals surface area contributed by atoms with Gasteiger partial charge in [0.15, 0.2) is 0 Å². The molecule has 4 nitrogen and oxygen atoms in total. The molecule has 0 aromatic carbocycles. The Labute approximate surface area is 79.7 Å². The fraction of sp³-hybridized carbons (Fsp3) is 0.429. The third-order valence-corrected chi connectivity index (χ3v) is 1.84. The van der Waals surface area contributed by atoms with Crippen LogP contribution in [0.5, 0.6) is 5.88 Å². The number of hydrogen-bond acceptors (Lipinski definition) is 4. The first kappa shape index (κ1) is 9.25. The molecule has 0 spiro atoms. The van der Waals surface area contributed by atoms with Crippen LogP contribution in [0, 0.1) is 0 Å². The SMILES string of the molecule is COc1nc(N(C)C)ncc1Br. The summed E-state index contributed by atoms with van der Waals surface area (Å²) in [4.78, 5) is 10.0. The van der Waals surface area contributed by atoms with E-state index in [-0.39, 0.29) is 0 Å². The van der Waals surface area contributed by atoms with Crippen molar-refractivity contribution in [2.45, 2.75) is 0 Å². The van der Waals surface area contributed by atoms with Crippen molar-refractivity contribution < 1.29 is 4.74 Å². The summed E-state index contributed by atoms with van der Waals surface area (Å²) < 4.78 is 5.77. The molecule has 0 radical (unpaired) electrons. The van der Waals surface area contributed by atoms with Crippen molar-refractivity contribution in [3.8, 4) is 5.88 Å². The third kappa shape index (κ3) is 1.85. The summed E-state index contributed by atoms with van der Waals surface area (Å²) in [6, 6.07) is 0. The molecule has 1 aromatic heterocycles. The molecule has 0 atom stereocenters. The maximum atomic E-state index is 5.01. The molecule has 66 valence electrons. The van der Waals surface area contributed by atoms with Crippen LogP contribution in [-0.2, 0) is 0 Å². The van der Waals surface area contributed by atoms with Crippen LogP contribution in [0.1, 0.15) is 0 Å². The molecule has 5 heteroatoms. The molecule has 0 saturated carbocycles. The van der Waals surface area contributed by atoms with Gasteiger partial charge in [0, 0.05) is 14.1 Å². The number of aromatic nitrogens is 2. The van der Waals surface area contributed by atoms with E-state index in [1.165, 1.54) is 0 Å². The van der Waals surface area contributed by atoms with Crippen molar-refractivity contribution in [2.24, 2.45) is 0 Å². The second kappa shape index (κ2) is 3.71. The van der Waals surface area contributed by atoms with Crippen LogP contribution in [0.2, 0.25) is 0 Å². The van der Waals surface area contributed by atoms with Gasteiger partial charge < -0.3 is 9.64 Å². The smallest absolute Gasteiger partial charge is 0.232 e. The molecule has 1 rings (SSSR count). The van der Waals surface area contributed by atoms with Crippen molar-refractivity contribution in [1.82, 2.24) is 9.97 Å². The Bertz CT molecular complexity index is 277. The topological polar surface area (TPSA) is 38.2 Å². The molecule has 0 saturated heterocycles. The van der Waals surface area contributed by atoms with Crippen molar-refractivity contribution in [3.63, 3.8) is 0 Å². The fourth-order valence-corrected chi connectivity index (χ4v) is 1.05. The van der Waals surface area contributed by atoms with Crippen LogP contribution >= 0.6 is 15.9 Å². The first-order chi connectivity index (χ1) is 5.65.